The van der Waals surface area contributed by atoms with Gasteiger partial charge in [0.2, 0.25) is 0 Å². The number of fused-ring (bicyclic) bond motifs is 1. The van der Waals surface area contributed by atoms with Crippen molar-refractivity contribution in [2.24, 2.45) is 0 Å². The molecule has 0 saturated carbocycles. The third kappa shape index (κ3) is 2.35. The summed E-state index contributed by atoms with van der Waals surface area (Å²) < 4.78 is 39.9. The Kier molecular flexibility index (Phi) is 3.33. The van der Waals surface area contributed by atoms with Crippen molar-refractivity contribution in [2.45, 2.75) is 17.7 Å². The maximum Gasteiger partial charge on any atom is 0.264 e. The van der Waals surface area contributed by atoms with Gasteiger partial charge in [-0.15, -0.1) is 0 Å². The quantitative estimate of drug-likeness (QED) is 0.928. The number of rotatable bonds is 2. The smallest absolute Gasteiger partial charge is 0.264 e. The van der Waals surface area contributed by atoms with Crippen LogP contribution in [0.5, 0.6) is 5.75 Å². The van der Waals surface area contributed by atoms with Crippen LogP contribution in [-0.4, -0.2) is 20.1 Å². The molecule has 1 aliphatic rings. The third-order valence-corrected chi connectivity index (χ3v) is 5.33. The third-order valence-electron chi connectivity index (χ3n) is 3.54. The van der Waals surface area contributed by atoms with E-state index in [2.05, 4.69) is 0 Å². The highest BCUT2D eigenvalue weighted by Crippen LogP contribution is 2.38. The average molecular weight is 307 g/mol. The molecular formula is C15H14FNO3S. The molecule has 0 saturated heterocycles. The fraction of sp³-hybridized carbons (Fsp3) is 0.200. The highest BCUT2D eigenvalue weighted by Gasteiger charge is 2.31. The number of para-hydroxylation sites is 1. The Balaban J connectivity index is 2.14. The molecule has 2 aromatic rings. The van der Waals surface area contributed by atoms with Gasteiger partial charge in [0.05, 0.1) is 10.6 Å². The minimum atomic E-state index is -3.89. The molecule has 4 nitrogen and oxygen atoms in total. The van der Waals surface area contributed by atoms with Crippen molar-refractivity contribution >= 4 is 15.7 Å². The Morgan fingerprint density at radius 3 is 2.67 bits per heavy atom. The van der Waals surface area contributed by atoms with Crippen LogP contribution >= 0.6 is 0 Å². The summed E-state index contributed by atoms with van der Waals surface area (Å²) in [4.78, 5) is -0.112. The molecule has 0 atom stereocenters. The van der Waals surface area contributed by atoms with E-state index in [4.69, 9.17) is 0 Å². The lowest BCUT2D eigenvalue weighted by molar-refractivity contribution is 0.472. The zero-order chi connectivity index (χ0) is 15.0. The Hall–Kier alpha value is -2.08. The number of sulfonamides is 1. The van der Waals surface area contributed by atoms with Gasteiger partial charge in [-0.25, -0.2) is 12.8 Å². The van der Waals surface area contributed by atoms with Crippen LogP contribution < -0.4 is 4.31 Å². The van der Waals surface area contributed by atoms with Gasteiger partial charge < -0.3 is 5.11 Å². The average Bonchev–Trinajstić information content (AvgIpc) is 2.47. The van der Waals surface area contributed by atoms with Crippen LogP contribution in [-0.2, 0) is 16.4 Å². The predicted octanol–water partition coefficient (Wildman–Crippen LogP) is 2.67. The summed E-state index contributed by atoms with van der Waals surface area (Å²) in [6.45, 7) is 0.267. The minimum Gasteiger partial charge on any atom is -0.506 e. The summed E-state index contributed by atoms with van der Waals surface area (Å²) in [6.07, 6.45) is 1.36. The number of anilines is 1. The fourth-order valence-electron chi connectivity index (χ4n) is 2.59. The van der Waals surface area contributed by atoms with E-state index in [-0.39, 0.29) is 17.2 Å². The van der Waals surface area contributed by atoms with E-state index in [1.165, 1.54) is 24.3 Å². The summed E-state index contributed by atoms with van der Waals surface area (Å²) in [5, 5.41) is 10.0. The topological polar surface area (TPSA) is 57.6 Å². The molecule has 0 unspecified atom stereocenters. The minimum absolute atomic E-state index is 0.0767. The first kappa shape index (κ1) is 13.9. The normalized spacial score (nSPS) is 14.8. The summed E-state index contributed by atoms with van der Waals surface area (Å²) in [7, 11) is -3.89. The van der Waals surface area contributed by atoms with Gasteiger partial charge in [-0.2, -0.15) is 0 Å². The largest absolute Gasteiger partial charge is 0.506 e. The number of halogens is 1. The SMILES string of the molecule is O=S(=O)(c1cccc(F)c1)N1CCCc2cccc(O)c21. The van der Waals surface area contributed by atoms with E-state index in [9.17, 15) is 17.9 Å². The van der Waals surface area contributed by atoms with Crippen LogP contribution in [0.15, 0.2) is 47.4 Å². The van der Waals surface area contributed by atoms with Gasteiger partial charge in [-0.3, -0.25) is 4.31 Å². The maximum absolute atomic E-state index is 13.3. The van der Waals surface area contributed by atoms with Crippen LogP contribution in [0.2, 0.25) is 0 Å². The zero-order valence-corrected chi connectivity index (χ0v) is 12.0. The lowest BCUT2D eigenvalue weighted by Gasteiger charge is -2.31. The molecule has 1 aliphatic heterocycles. The molecule has 0 bridgehead atoms. The number of hydrogen-bond acceptors (Lipinski definition) is 3. The van der Waals surface area contributed by atoms with Crippen LogP contribution in [0.25, 0.3) is 0 Å². The Morgan fingerprint density at radius 2 is 1.90 bits per heavy atom. The number of aromatic hydroxyl groups is 1. The predicted molar refractivity (Wildman–Crippen MR) is 77.4 cm³/mol. The second kappa shape index (κ2) is 5.04. The van der Waals surface area contributed by atoms with Crippen molar-refractivity contribution in [3.05, 3.63) is 53.8 Å². The van der Waals surface area contributed by atoms with Crippen molar-refractivity contribution in [3.8, 4) is 5.75 Å². The number of nitrogens with zero attached hydrogens (tertiary/aromatic N) is 1. The van der Waals surface area contributed by atoms with Crippen molar-refractivity contribution < 1.29 is 17.9 Å². The first-order valence-electron chi connectivity index (χ1n) is 6.59. The van der Waals surface area contributed by atoms with E-state index in [0.717, 1.165) is 15.9 Å². The van der Waals surface area contributed by atoms with Crippen LogP contribution in [0, 0.1) is 5.82 Å². The molecular weight excluding hydrogens is 293 g/mol. The Bertz CT molecular complexity index is 789. The van der Waals surface area contributed by atoms with Gasteiger partial charge in [-0.1, -0.05) is 18.2 Å². The number of phenols is 1. The first-order valence-corrected chi connectivity index (χ1v) is 8.03. The molecule has 110 valence electrons. The molecule has 21 heavy (non-hydrogen) atoms. The van der Waals surface area contributed by atoms with Crippen molar-refractivity contribution in [1.82, 2.24) is 0 Å². The van der Waals surface area contributed by atoms with Crippen molar-refractivity contribution in [3.63, 3.8) is 0 Å². The van der Waals surface area contributed by atoms with E-state index in [1.54, 1.807) is 12.1 Å². The van der Waals surface area contributed by atoms with Gasteiger partial charge in [0.1, 0.15) is 11.6 Å². The van der Waals surface area contributed by atoms with E-state index in [0.29, 0.717) is 18.5 Å². The number of phenolic OH excluding ortho intramolecular Hbond substituents is 1. The summed E-state index contributed by atoms with van der Waals surface area (Å²) in [6, 6.07) is 9.84. The van der Waals surface area contributed by atoms with Crippen LogP contribution in [0.1, 0.15) is 12.0 Å². The van der Waals surface area contributed by atoms with Crippen LogP contribution in [0.3, 0.4) is 0 Å². The van der Waals surface area contributed by atoms with Crippen molar-refractivity contribution in [2.75, 3.05) is 10.8 Å². The molecule has 0 aliphatic carbocycles. The van der Waals surface area contributed by atoms with Gasteiger partial charge >= 0.3 is 0 Å². The Morgan fingerprint density at radius 1 is 1.14 bits per heavy atom. The first-order chi connectivity index (χ1) is 10.00. The summed E-state index contributed by atoms with van der Waals surface area (Å²) >= 11 is 0. The summed E-state index contributed by atoms with van der Waals surface area (Å²) in [5.74, 6) is -0.683. The lowest BCUT2D eigenvalue weighted by atomic mass is 10.0. The second-order valence-electron chi connectivity index (χ2n) is 4.92. The van der Waals surface area contributed by atoms with Gasteiger partial charge in [0.15, 0.2) is 0 Å². The number of aryl methyl sites for hydroxylation is 1. The van der Waals surface area contributed by atoms with Crippen molar-refractivity contribution in [1.29, 1.82) is 0 Å². The van der Waals surface area contributed by atoms with Crippen LogP contribution in [0.4, 0.5) is 10.1 Å². The molecule has 1 N–H and O–H groups in total. The standard InChI is InChI=1S/C15H14FNO3S/c16-12-6-2-7-13(10-12)21(19,20)17-9-3-5-11-4-1-8-14(18)15(11)17/h1-2,4,6-8,10,18H,3,5,9H2. The Labute approximate surface area is 122 Å². The molecule has 0 spiro atoms. The monoisotopic (exact) mass is 307 g/mol. The van der Waals surface area contributed by atoms with Gasteiger partial charge in [0, 0.05) is 6.54 Å². The molecule has 0 amide bonds. The molecule has 1 heterocycles. The molecule has 0 fully saturated rings. The highest BCUT2D eigenvalue weighted by atomic mass is 32.2. The van der Waals surface area contributed by atoms with Gasteiger partial charge in [-0.05, 0) is 42.7 Å². The lowest BCUT2D eigenvalue weighted by Crippen LogP contribution is -2.35. The van der Waals surface area contributed by atoms with E-state index in [1.807, 2.05) is 0 Å². The molecule has 6 heteroatoms. The van der Waals surface area contributed by atoms with Gasteiger partial charge in [0.25, 0.3) is 10.0 Å². The summed E-state index contributed by atoms with van der Waals surface area (Å²) in [5.41, 5.74) is 1.08. The second-order valence-corrected chi connectivity index (χ2v) is 6.79. The molecule has 0 aromatic heterocycles. The fourth-order valence-corrected chi connectivity index (χ4v) is 4.17. The maximum atomic E-state index is 13.3. The molecule has 2 aromatic carbocycles. The highest BCUT2D eigenvalue weighted by molar-refractivity contribution is 7.92. The molecule has 3 rings (SSSR count). The zero-order valence-electron chi connectivity index (χ0n) is 11.2. The number of benzene rings is 2. The molecule has 0 radical (unpaired) electrons. The van der Waals surface area contributed by atoms with E-state index < -0.39 is 15.8 Å². The number of hydrogen-bond donors (Lipinski definition) is 1. The van der Waals surface area contributed by atoms with E-state index >= 15 is 0 Å².